The number of nitrogens with one attached hydrogen (secondary N) is 2. The maximum Gasteiger partial charge on any atom is 0.306 e. The quantitative estimate of drug-likeness (QED) is 0.345. The van der Waals surface area contributed by atoms with E-state index in [4.69, 9.17) is 17.0 Å². The van der Waals surface area contributed by atoms with Crippen molar-refractivity contribution in [3.8, 4) is 0 Å². The van der Waals surface area contributed by atoms with E-state index in [0.29, 0.717) is 17.7 Å². The van der Waals surface area contributed by atoms with Gasteiger partial charge in [0, 0.05) is 37.2 Å². The fourth-order valence-corrected chi connectivity index (χ4v) is 3.53. The minimum absolute atomic E-state index is 0.00165. The first kappa shape index (κ1) is 27.0. The van der Waals surface area contributed by atoms with Crippen molar-refractivity contribution >= 4 is 40.8 Å². The van der Waals surface area contributed by atoms with Gasteiger partial charge < -0.3 is 20.3 Å². The molecule has 0 saturated heterocycles. The second-order valence-electron chi connectivity index (χ2n) is 7.83. The summed E-state index contributed by atoms with van der Waals surface area (Å²) in [6.45, 7) is 5.82. The maximum absolute atomic E-state index is 12.7. The minimum Gasteiger partial charge on any atom is -0.465 e. The van der Waals surface area contributed by atoms with E-state index in [-0.39, 0.29) is 36.4 Å². The molecule has 2 N–H and O–H groups in total. The monoisotopic (exact) mass is 483 g/mol. The summed E-state index contributed by atoms with van der Waals surface area (Å²) in [5, 5.41) is 5.60. The molecule has 0 aliphatic heterocycles. The number of carbonyl (C=O) groups is 3. The van der Waals surface area contributed by atoms with Crippen LogP contribution in [0.2, 0.25) is 0 Å². The molecule has 0 aliphatic carbocycles. The van der Waals surface area contributed by atoms with Crippen molar-refractivity contribution < 1.29 is 19.1 Å². The first-order valence-electron chi connectivity index (χ1n) is 11.6. The van der Waals surface area contributed by atoms with E-state index < -0.39 is 5.97 Å². The number of hydrogen-bond acceptors (Lipinski definition) is 5. The summed E-state index contributed by atoms with van der Waals surface area (Å²) < 4.78 is 5.18. The van der Waals surface area contributed by atoms with Crippen molar-refractivity contribution in [1.29, 1.82) is 0 Å². The van der Waals surface area contributed by atoms with E-state index in [9.17, 15) is 14.4 Å². The molecule has 0 bridgehead atoms. The Morgan fingerprint density at radius 3 is 2.18 bits per heavy atom. The lowest BCUT2D eigenvalue weighted by atomic mass is 10.1. The Bertz CT molecular complexity index is 942. The lowest BCUT2D eigenvalue weighted by molar-refractivity contribution is -0.144. The molecule has 0 saturated carbocycles. The summed E-state index contributed by atoms with van der Waals surface area (Å²) in [5.41, 5.74) is 2.34. The van der Waals surface area contributed by atoms with E-state index in [2.05, 4.69) is 10.6 Å². The van der Waals surface area contributed by atoms with Crippen LogP contribution in [0, 0.1) is 0 Å². The van der Waals surface area contributed by atoms with Crippen LogP contribution >= 0.6 is 12.2 Å². The third-order valence-electron chi connectivity index (χ3n) is 4.97. The van der Waals surface area contributed by atoms with Gasteiger partial charge in [0.1, 0.15) is 0 Å². The number of esters is 1. The van der Waals surface area contributed by atoms with Crippen molar-refractivity contribution in [3.63, 3.8) is 0 Å². The van der Waals surface area contributed by atoms with Crippen LogP contribution in [0.3, 0.4) is 0 Å². The number of ether oxygens (including phenoxy) is 1. The molecule has 8 heteroatoms. The lowest BCUT2D eigenvalue weighted by Crippen LogP contribution is -2.34. The topological polar surface area (TPSA) is 87.7 Å². The first-order chi connectivity index (χ1) is 16.4. The summed E-state index contributed by atoms with van der Waals surface area (Å²) in [4.78, 5) is 38.4. The van der Waals surface area contributed by atoms with E-state index in [1.165, 1.54) is 0 Å². The molecule has 2 amide bonds. The van der Waals surface area contributed by atoms with Crippen LogP contribution < -0.4 is 10.6 Å². The molecule has 182 valence electrons. The number of benzene rings is 2. The van der Waals surface area contributed by atoms with Gasteiger partial charge in [0.15, 0.2) is 5.11 Å². The van der Waals surface area contributed by atoms with Crippen molar-refractivity contribution in [3.05, 3.63) is 65.7 Å². The van der Waals surface area contributed by atoms with Crippen molar-refractivity contribution in [2.75, 3.05) is 25.0 Å². The smallest absolute Gasteiger partial charge is 0.306 e. The largest absolute Gasteiger partial charge is 0.465 e. The van der Waals surface area contributed by atoms with Crippen molar-refractivity contribution in [2.24, 2.45) is 0 Å². The Morgan fingerprint density at radius 2 is 1.56 bits per heavy atom. The van der Waals surface area contributed by atoms with Gasteiger partial charge in [-0.2, -0.15) is 0 Å². The Kier molecular flexibility index (Phi) is 11.7. The minimum atomic E-state index is -0.426. The standard InChI is InChI=1S/C26H33N3O4S/c1-3-17-29(18-4-2)25(32)21-10-12-22(13-11-21)27-26(34)28-23(30)14-15-24(31)33-19-16-20-8-6-5-7-9-20/h5-13H,3-4,14-19H2,1-2H3,(H2,27,28,30,34). The molecule has 0 atom stereocenters. The van der Waals surface area contributed by atoms with Gasteiger partial charge in [-0.05, 0) is 54.9 Å². The number of hydrogen-bond donors (Lipinski definition) is 2. The summed E-state index contributed by atoms with van der Waals surface area (Å²) >= 11 is 5.18. The van der Waals surface area contributed by atoms with Crippen LogP contribution in [0.5, 0.6) is 0 Å². The van der Waals surface area contributed by atoms with Crippen LogP contribution in [0.15, 0.2) is 54.6 Å². The summed E-state index contributed by atoms with van der Waals surface area (Å²) in [6, 6.07) is 16.7. The molecule has 2 aromatic rings. The summed E-state index contributed by atoms with van der Waals surface area (Å²) in [5.74, 6) is -0.800. The molecular weight excluding hydrogens is 450 g/mol. The Balaban J connectivity index is 1.71. The second-order valence-corrected chi connectivity index (χ2v) is 8.24. The fraction of sp³-hybridized carbons (Fsp3) is 0.385. The number of rotatable bonds is 12. The predicted molar refractivity (Wildman–Crippen MR) is 138 cm³/mol. The SMILES string of the molecule is CCCN(CCC)C(=O)c1ccc(NC(=S)NC(=O)CCC(=O)OCCc2ccccc2)cc1. The molecule has 0 aliphatic rings. The van der Waals surface area contributed by atoms with Gasteiger partial charge in [-0.3, -0.25) is 14.4 Å². The zero-order valence-corrected chi connectivity index (χ0v) is 20.7. The number of amides is 2. The summed E-state index contributed by atoms with van der Waals surface area (Å²) in [6.07, 6.45) is 2.40. The van der Waals surface area contributed by atoms with Gasteiger partial charge >= 0.3 is 5.97 Å². The average Bonchev–Trinajstić information content (AvgIpc) is 2.83. The number of anilines is 1. The van der Waals surface area contributed by atoms with Crippen LogP contribution in [-0.4, -0.2) is 47.5 Å². The van der Waals surface area contributed by atoms with Crippen molar-refractivity contribution in [2.45, 2.75) is 46.0 Å². The molecule has 0 unspecified atom stereocenters. The Morgan fingerprint density at radius 1 is 0.912 bits per heavy atom. The van der Waals surface area contributed by atoms with E-state index in [0.717, 1.165) is 31.5 Å². The number of nitrogens with zero attached hydrogens (tertiary/aromatic N) is 1. The maximum atomic E-state index is 12.7. The molecule has 0 fully saturated rings. The molecule has 34 heavy (non-hydrogen) atoms. The zero-order valence-electron chi connectivity index (χ0n) is 19.8. The van der Waals surface area contributed by atoms with Gasteiger partial charge in [0.25, 0.3) is 5.91 Å². The third-order valence-corrected chi connectivity index (χ3v) is 5.17. The fourth-order valence-electron chi connectivity index (χ4n) is 3.30. The van der Waals surface area contributed by atoms with E-state index in [1.54, 1.807) is 24.3 Å². The van der Waals surface area contributed by atoms with Gasteiger partial charge in [0.2, 0.25) is 5.91 Å². The average molecular weight is 484 g/mol. The van der Waals surface area contributed by atoms with Crippen LogP contribution in [-0.2, 0) is 20.7 Å². The van der Waals surface area contributed by atoms with Gasteiger partial charge in [-0.25, -0.2) is 0 Å². The highest BCUT2D eigenvalue weighted by Gasteiger charge is 2.14. The van der Waals surface area contributed by atoms with Gasteiger partial charge in [-0.1, -0.05) is 44.2 Å². The molecule has 2 rings (SSSR count). The first-order valence-corrected chi connectivity index (χ1v) is 12.0. The number of thiocarbonyl (C=S) groups is 1. The molecule has 0 aromatic heterocycles. The zero-order chi connectivity index (χ0) is 24.8. The normalized spacial score (nSPS) is 10.3. The third kappa shape index (κ3) is 9.70. The Hall–Kier alpha value is -3.26. The highest BCUT2D eigenvalue weighted by molar-refractivity contribution is 7.80. The molecule has 0 radical (unpaired) electrons. The molecule has 0 heterocycles. The second kappa shape index (κ2) is 14.8. The van der Waals surface area contributed by atoms with E-state index in [1.807, 2.05) is 49.1 Å². The Labute approximate surface area is 206 Å². The van der Waals surface area contributed by atoms with Gasteiger partial charge in [0.05, 0.1) is 13.0 Å². The highest BCUT2D eigenvalue weighted by atomic mass is 32.1. The van der Waals surface area contributed by atoms with E-state index >= 15 is 0 Å². The van der Waals surface area contributed by atoms with Crippen molar-refractivity contribution in [1.82, 2.24) is 10.2 Å². The van der Waals surface area contributed by atoms with Crippen LogP contribution in [0.1, 0.15) is 55.5 Å². The lowest BCUT2D eigenvalue weighted by Gasteiger charge is -2.21. The molecule has 7 nitrogen and oxygen atoms in total. The molecular formula is C26H33N3O4S. The van der Waals surface area contributed by atoms with Crippen LogP contribution in [0.4, 0.5) is 5.69 Å². The summed E-state index contributed by atoms with van der Waals surface area (Å²) in [7, 11) is 0. The van der Waals surface area contributed by atoms with Crippen LogP contribution in [0.25, 0.3) is 0 Å². The molecule has 2 aromatic carbocycles. The molecule has 0 spiro atoms. The number of carbonyl (C=O) groups excluding carboxylic acids is 3. The van der Waals surface area contributed by atoms with Gasteiger partial charge in [-0.15, -0.1) is 0 Å². The predicted octanol–water partition coefficient (Wildman–Crippen LogP) is 4.33. The highest BCUT2D eigenvalue weighted by Crippen LogP contribution is 2.12.